The summed E-state index contributed by atoms with van der Waals surface area (Å²) in [4.78, 5) is 22.8. The van der Waals surface area contributed by atoms with Gasteiger partial charge in [-0.3, -0.25) is 4.79 Å². The summed E-state index contributed by atoms with van der Waals surface area (Å²) in [5, 5.41) is 11.6. The number of carboxylic acids is 1. The standard InChI is InChI=1S/C15H19NO5/c1-2-20-11-5-3-4-6-12(11)21-9-13(17)16-14(15(18)19)10-7-8-10/h3-6,10,14H,2,7-9H2,1H3,(H,16,17)(H,18,19). The van der Waals surface area contributed by atoms with Crippen molar-refractivity contribution in [2.45, 2.75) is 25.8 Å². The molecule has 2 rings (SSSR count). The lowest BCUT2D eigenvalue weighted by molar-refractivity contribution is -0.142. The molecule has 0 heterocycles. The Hall–Kier alpha value is -2.24. The SMILES string of the molecule is CCOc1ccccc1OCC(=O)NC(C(=O)O)C1CC1. The molecular weight excluding hydrogens is 274 g/mol. The van der Waals surface area contributed by atoms with Crippen molar-refractivity contribution >= 4 is 11.9 Å². The van der Waals surface area contributed by atoms with E-state index < -0.39 is 17.9 Å². The minimum Gasteiger partial charge on any atom is -0.490 e. The second kappa shape index (κ2) is 6.97. The molecule has 1 amide bonds. The highest BCUT2D eigenvalue weighted by atomic mass is 16.5. The Balaban J connectivity index is 1.87. The molecule has 0 aliphatic heterocycles. The van der Waals surface area contributed by atoms with Gasteiger partial charge in [-0.2, -0.15) is 0 Å². The van der Waals surface area contributed by atoms with Crippen LogP contribution in [0.25, 0.3) is 0 Å². The van der Waals surface area contributed by atoms with Crippen LogP contribution in [0.1, 0.15) is 19.8 Å². The van der Waals surface area contributed by atoms with E-state index >= 15 is 0 Å². The first-order valence-corrected chi connectivity index (χ1v) is 6.98. The normalized spacial score (nSPS) is 15.1. The largest absolute Gasteiger partial charge is 0.490 e. The molecule has 1 aliphatic carbocycles. The Morgan fingerprint density at radius 3 is 2.43 bits per heavy atom. The molecule has 0 bridgehead atoms. The van der Waals surface area contributed by atoms with Crippen LogP contribution in [0.4, 0.5) is 0 Å². The first-order chi connectivity index (χ1) is 10.1. The lowest BCUT2D eigenvalue weighted by atomic mass is 10.2. The number of para-hydroxylation sites is 2. The summed E-state index contributed by atoms with van der Waals surface area (Å²) in [5.74, 6) is -0.374. The van der Waals surface area contributed by atoms with E-state index in [4.69, 9.17) is 14.6 Å². The number of nitrogens with one attached hydrogen (secondary N) is 1. The van der Waals surface area contributed by atoms with Crippen molar-refractivity contribution < 1.29 is 24.2 Å². The number of amides is 1. The van der Waals surface area contributed by atoms with Gasteiger partial charge in [0.1, 0.15) is 6.04 Å². The zero-order valence-corrected chi connectivity index (χ0v) is 11.9. The third-order valence-electron chi connectivity index (χ3n) is 3.18. The molecule has 6 heteroatoms. The van der Waals surface area contributed by atoms with Gasteiger partial charge in [-0.05, 0) is 37.8 Å². The van der Waals surface area contributed by atoms with Crippen molar-refractivity contribution in [3.8, 4) is 11.5 Å². The number of hydrogen-bond acceptors (Lipinski definition) is 4. The van der Waals surface area contributed by atoms with E-state index in [1.165, 1.54) is 0 Å². The molecule has 0 aromatic heterocycles. The number of hydrogen-bond donors (Lipinski definition) is 2. The molecule has 1 saturated carbocycles. The third-order valence-corrected chi connectivity index (χ3v) is 3.18. The molecule has 1 unspecified atom stereocenters. The van der Waals surface area contributed by atoms with Crippen molar-refractivity contribution in [1.29, 1.82) is 0 Å². The van der Waals surface area contributed by atoms with Gasteiger partial charge in [-0.15, -0.1) is 0 Å². The molecule has 0 radical (unpaired) electrons. The van der Waals surface area contributed by atoms with Gasteiger partial charge in [0.25, 0.3) is 5.91 Å². The highest BCUT2D eigenvalue weighted by Gasteiger charge is 2.37. The van der Waals surface area contributed by atoms with E-state index in [-0.39, 0.29) is 12.5 Å². The molecule has 2 N–H and O–H groups in total. The molecule has 21 heavy (non-hydrogen) atoms. The van der Waals surface area contributed by atoms with Crippen LogP contribution in [0.2, 0.25) is 0 Å². The van der Waals surface area contributed by atoms with Gasteiger partial charge in [0.15, 0.2) is 18.1 Å². The zero-order chi connectivity index (χ0) is 15.2. The number of carbonyl (C=O) groups is 2. The maximum Gasteiger partial charge on any atom is 0.326 e. The minimum absolute atomic E-state index is 0.0437. The number of carbonyl (C=O) groups excluding carboxylic acids is 1. The molecule has 1 atom stereocenters. The predicted octanol–water partition coefficient (Wildman–Crippen LogP) is 1.44. The Kier molecular flexibility index (Phi) is 5.03. The first kappa shape index (κ1) is 15.2. The van der Waals surface area contributed by atoms with E-state index in [9.17, 15) is 9.59 Å². The van der Waals surface area contributed by atoms with Crippen molar-refractivity contribution in [1.82, 2.24) is 5.32 Å². The van der Waals surface area contributed by atoms with E-state index in [1.807, 2.05) is 13.0 Å². The van der Waals surface area contributed by atoms with Crippen LogP contribution in [0.15, 0.2) is 24.3 Å². The molecule has 1 aromatic carbocycles. The monoisotopic (exact) mass is 293 g/mol. The predicted molar refractivity (Wildman–Crippen MR) is 75.4 cm³/mol. The average Bonchev–Trinajstić information content (AvgIpc) is 3.28. The van der Waals surface area contributed by atoms with Crippen LogP contribution in [-0.4, -0.2) is 36.2 Å². The lowest BCUT2D eigenvalue weighted by Crippen LogP contribution is -2.44. The minimum atomic E-state index is -0.999. The van der Waals surface area contributed by atoms with Gasteiger partial charge < -0.3 is 19.9 Å². The number of rotatable bonds is 8. The Bertz CT molecular complexity index is 513. The number of aliphatic carboxylic acids is 1. The third kappa shape index (κ3) is 4.37. The Morgan fingerprint density at radius 2 is 1.90 bits per heavy atom. The molecule has 6 nitrogen and oxygen atoms in total. The Morgan fingerprint density at radius 1 is 1.29 bits per heavy atom. The second-order valence-corrected chi connectivity index (χ2v) is 4.89. The van der Waals surface area contributed by atoms with Crippen molar-refractivity contribution in [2.75, 3.05) is 13.2 Å². The second-order valence-electron chi connectivity index (χ2n) is 4.89. The fourth-order valence-corrected chi connectivity index (χ4v) is 2.01. The summed E-state index contributed by atoms with van der Waals surface area (Å²) in [7, 11) is 0. The highest BCUT2D eigenvalue weighted by Crippen LogP contribution is 2.32. The topological polar surface area (TPSA) is 84.9 Å². The van der Waals surface area contributed by atoms with Crippen LogP contribution >= 0.6 is 0 Å². The molecule has 1 fully saturated rings. The highest BCUT2D eigenvalue weighted by molar-refractivity contribution is 5.84. The van der Waals surface area contributed by atoms with E-state index in [0.717, 1.165) is 12.8 Å². The van der Waals surface area contributed by atoms with Gasteiger partial charge in [0.05, 0.1) is 6.61 Å². The fourth-order valence-electron chi connectivity index (χ4n) is 2.01. The molecular formula is C15H19NO5. The molecule has 0 saturated heterocycles. The smallest absolute Gasteiger partial charge is 0.326 e. The quantitative estimate of drug-likeness (QED) is 0.757. The van der Waals surface area contributed by atoms with Crippen molar-refractivity contribution in [3.05, 3.63) is 24.3 Å². The zero-order valence-electron chi connectivity index (χ0n) is 11.9. The summed E-state index contributed by atoms with van der Waals surface area (Å²) < 4.78 is 10.8. The van der Waals surface area contributed by atoms with Crippen LogP contribution in [0, 0.1) is 5.92 Å². The van der Waals surface area contributed by atoms with E-state index in [2.05, 4.69) is 5.32 Å². The van der Waals surface area contributed by atoms with Crippen molar-refractivity contribution in [3.63, 3.8) is 0 Å². The summed E-state index contributed by atoms with van der Waals surface area (Å²) in [5.41, 5.74) is 0. The molecule has 114 valence electrons. The molecule has 1 aliphatic rings. The van der Waals surface area contributed by atoms with Gasteiger partial charge >= 0.3 is 5.97 Å². The van der Waals surface area contributed by atoms with Crippen molar-refractivity contribution in [2.24, 2.45) is 5.92 Å². The van der Waals surface area contributed by atoms with Gasteiger partial charge in [0.2, 0.25) is 0 Å². The number of ether oxygens (including phenoxy) is 2. The summed E-state index contributed by atoms with van der Waals surface area (Å²) in [6.45, 7) is 2.12. The lowest BCUT2D eigenvalue weighted by Gasteiger charge is -2.15. The first-order valence-electron chi connectivity index (χ1n) is 6.98. The number of benzene rings is 1. The van der Waals surface area contributed by atoms with Crippen LogP contribution in [-0.2, 0) is 9.59 Å². The summed E-state index contributed by atoms with van der Waals surface area (Å²) in [6.07, 6.45) is 1.68. The van der Waals surface area contributed by atoms with Gasteiger partial charge in [-0.25, -0.2) is 4.79 Å². The van der Waals surface area contributed by atoms with E-state index in [0.29, 0.717) is 18.1 Å². The van der Waals surface area contributed by atoms with Crippen LogP contribution in [0.3, 0.4) is 0 Å². The van der Waals surface area contributed by atoms with Gasteiger partial charge in [0, 0.05) is 0 Å². The summed E-state index contributed by atoms with van der Waals surface area (Å²) in [6, 6.07) is 6.23. The molecule has 1 aromatic rings. The molecule has 0 spiro atoms. The van der Waals surface area contributed by atoms with Crippen LogP contribution < -0.4 is 14.8 Å². The fraction of sp³-hybridized carbons (Fsp3) is 0.467. The maximum absolute atomic E-state index is 11.8. The van der Waals surface area contributed by atoms with Gasteiger partial charge in [-0.1, -0.05) is 12.1 Å². The van der Waals surface area contributed by atoms with Crippen LogP contribution in [0.5, 0.6) is 11.5 Å². The average molecular weight is 293 g/mol. The maximum atomic E-state index is 11.8. The Labute approximate surface area is 123 Å². The number of carboxylic acid groups (broad SMARTS) is 1. The van der Waals surface area contributed by atoms with E-state index in [1.54, 1.807) is 18.2 Å². The summed E-state index contributed by atoms with van der Waals surface area (Å²) >= 11 is 0.